The van der Waals surface area contributed by atoms with E-state index in [4.69, 9.17) is 17.0 Å². The molecule has 0 spiro atoms. The summed E-state index contributed by atoms with van der Waals surface area (Å²) in [7, 11) is 11.0. The Morgan fingerprint density at radius 1 is 0.481 bits per heavy atom. The van der Waals surface area contributed by atoms with Crippen LogP contribution in [0.4, 0.5) is 0 Å². The van der Waals surface area contributed by atoms with Crippen LogP contribution < -0.4 is 0 Å². The van der Waals surface area contributed by atoms with Crippen LogP contribution in [0.1, 0.15) is 124 Å². The second kappa shape index (κ2) is 20.5. The molecule has 0 aromatic heterocycles. The summed E-state index contributed by atoms with van der Waals surface area (Å²) < 4.78 is 0. The van der Waals surface area contributed by atoms with Crippen LogP contribution in [0.25, 0.3) is 43.8 Å². The maximum absolute atomic E-state index is 4.93. The molecule has 0 atom stereocenters. The molecule has 6 rings (SSSR count). The minimum absolute atomic E-state index is 0.549. The zero-order valence-corrected chi connectivity index (χ0v) is 39.1. The van der Waals surface area contributed by atoms with Crippen LogP contribution in [0.5, 0.6) is 0 Å². The van der Waals surface area contributed by atoms with Gasteiger partial charge in [-0.15, -0.1) is 69.1 Å². The van der Waals surface area contributed by atoms with Crippen LogP contribution in [0, 0.1) is 27.7 Å². The third kappa shape index (κ3) is 11.4. The number of halogens is 2. The van der Waals surface area contributed by atoms with Crippen LogP contribution in [0.2, 0.25) is 13.1 Å². The molecule has 2 radical (unpaired) electrons. The fourth-order valence-corrected chi connectivity index (χ4v) is 6.82. The van der Waals surface area contributed by atoms with Crippen molar-refractivity contribution in [2.75, 3.05) is 0 Å². The van der Waals surface area contributed by atoms with Crippen LogP contribution in [0.3, 0.4) is 0 Å². The summed E-state index contributed by atoms with van der Waals surface area (Å²) in [5.41, 5.74) is 16.7. The molecule has 0 saturated carbocycles. The van der Waals surface area contributed by atoms with E-state index in [9.17, 15) is 0 Å². The molecule has 0 unspecified atom stereocenters. The van der Waals surface area contributed by atoms with Gasteiger partial charge >= 0.3 is 37.9 Å². The van der Waals surface area contributed by atoms with Gasteiger partial charge in [-0.1, -0.05) is 141 Å². The van der Waals surface area contributed by atoms with Gasteiger partial charge in [0.1, 0.15) is 0 Å². The molecule has 0 aliphatic rings. The van der Waals surface area contributed by atoms with E-state index in [1.165, 1.54) is 88.3 Å². The Bertz CT molecular complexity index is 1840. The van der Waals surface area contributed by atoms with E-state index in [2.05, 4.69) is 181 Å². The summed E-state index contributed by atoms with van der Waals surface area (Å²) in [6.07, 6.45) is 0. The maximum atomic E-state index is 4.93. The molecule has 0 amide bonds. The van der Waals surface area contributed by atoms with Gasteiger partial charge in [-0.25, -0.2) is 0 Å². The number of benzene rings is 4. The second-order valence-electron chi connectivity index (χ2n) is 15.6. The number of hydrogen-bond donors (Lipinski definition) is 0. The zero-order chi connectivity index (χ0) is 38.9. The van der Waals surface area contributed by atoms with Crippen LogP contribution in [-0.4, -0.2) is 9.52 Å². The first-order valence-electron chi connectivity index (χ1n) is 18.7. The number of rotatable bonds is 6. The molecule has 0 bridgehead atoms. The second-order valence-corrected chi connectivity index (χ2v) is 20.3. The summed E-state index contributed by atoms with van der Waals surface area (Å²) in [5.74, 6) is 2.20. The SMILES string of the molecule is C[Si]C.Cc1cc2c(-c3cc(C(C)C)cc(C(C)C)c3)c(C)ccc2[cH-]1.Cc1cc2c(-c3cc(C(C)C)cc(C(C)C)c3)c(C)ccc2[cH-]1.[Cl][Zr+2][Cl]. The predicted molar refractivity (Wildman–Crippen MR) is 234 cm³/mol. The standard InChI is InChI=1S/2C23H27.C2H6Si.2ClH.Zr/c2*1-14(2)19-11-20(15(3)4)13-21(12-19)23-17(6)7-8-18-9-16(5)10-22(18)23;1-3-2;;;/h2*7-15H,1-6H3;1-2H3;2*1H;/q2*-1;;;;+4/p-2. The van der Waals surface area contributed by atoms with Gasteiger partial charge in [-0.2, -0.15) is 12.1 Å². The van der Waals surface area contributed by atoms with E-state index < -0.39 is 20.8 Å². The van der Waals surface area contributed by atoms with Crippen LogP contribution in [0.15, 0.2) is 84.9 Å². The Morgan fingerprint density at radius 2 is 0.750 bits per heavy atom. The van der Waals surface area contributed by atoms with Crippen molar-refractivity contribution in [1.82, 2.24) is 0 Å². The van der Waals surface area contributed by atoms with E-state index >= 15 is 0 Å². The van der Waals surface area contributed by atoms with Gasteiger partial charge < -0.3 is 0 Å². The minimum atomic E-state index is -0.826. The quantitative estimate of drug-likeness (QED) is 0.116. The van der Waals surface area contributed by atoms with Crippen molar-refractivity contribution in [3.8, 4) is 22.3 Å². The number of aryl methyl sites for hydroxylation is 4. The molecule has 4 heteroatoms. The third-order valence-corrected chi connectivity index (χ3v) is 9.68. The molecule has 0 aliphatic heterocycles. The normalized spacial score (nSPS) is 11.0. The van der Waals surface area contributed by atoms with Gasteiger partial charge in [0.2, 0.25) is 0 Å². The Balaban J connectivity index is 0.000000244. The molecule has 0 fully saturated rings. The van der Waals surface area contributed by atoms with Gasteiger partial charge in [0.25, 0.3) is 0 Å². The predicted octanol–water partition coefficient (Wildman–Crippen LogP) is 16.3. The molecule has 0 nitrogen and oxygen atoms in total. The van der Waals surface area contributed by atoms with Gasteiger partial charge in [0.05, 0.1) is 0 Å². The molecular formula is C48H60Cl2SiZr. The molecule has 52 heavy (non-hydrogen) atoms. The Hall–Kier alpha value is -2.22. The summed E-state index contributed by atoms with van der Waals surface area (Å²) in [6, 6.07) is 32.6. The van der Waals surface area contributed by atoms with Gasteiger partial charge in [0, 0.05) is 9.52 Å². The molecule has 274 valence electrons. The Morgan fingerprint density at radius 3 is 1.00 bits per heavy atom. The number of hydrogen-bond acceptors (Lipinski definition) is 0. The molecular weight excluding hydrogens is 767 g/mol. The van der Waals surface area contributed by atoms with Gasteiger partial charge in [-0.3, -0.25) is 0 Å². The van der Waals surface area contributed by atoms with Crippen LogP contribution in [-0.2, 0) is 20.8 Å². The van der Waals surface area contributed by atoms with Crippen molar-refractivity contribution in [3.63, 3.8) is 0 Å². The third-order valence-electron chi connectivity index (χ3n) is 9.68. The van der Waals surface area contributed by atoms with Crippen LogP contribution >= 0.6 is 17.0 Å². The molecule has 0 heterocycles. The zero-order valence-electron chi connectivity index (χ0n) is 34.1. The van der Waals surface area contributed by atoms with Crippen molar-refractivity contribution >= 4 is 48.1 Å². The van der Waals surface area contributed by atoms with E-state index in [0.717, 1.165) is 9.52 Å². The Labute approximate surface area is 338 Å². The summed E-state index contributed by atoms with van der Waals surface area (Å²) in [6.45, 7) is 31.4. The van der Waals surface area contributed by atoms with E-state index in [-0.39, 0.29) is 0 Å². The first-order chi connectivity index (χ1) is 24.6. The average molecular weight is 827 g/mol. The van der Waals surface area contributed by atoms with Gasteiger partial charge in [0.15, 0.2) is 0 Å². The molecule has 0 N–H and O–H groups in total. The van der Waals surface area contributed by atoms with Crippen molar-refractivity contribution < 1.29 is 20.8 Å². The van der Waals surface area contributed by atoms with Crippen molar-refractivity contribution in [2.24, 2.45) is 0 Å². The van der Waals surface area contributed by atoms with Crippen molar-refractivity contribution in [3.05, 3.63) is 129 Å². The molecule has 0 aliphatic carbocycles. The van der Waals surface area contributed by atoms with Crippen molar-refractivity contribution in [1.29, 1.82) is 0 Å². The van der Waals surface area contributed by atoms with E-state index in [1.807, 2.05) is 0 Å². The first kappa shape index (κ1) is 44.2. The van der Waals surface area contributed by atoms with E-state index in [1.54, 1.807) is 0 Å². The van der Waals surface area contributed by atoms with Crippen molar-refractivity contribution in [2.45, 2.75) is 120 Å². The summed E-state index contributed by atoms with van der Waals surface area (Å²) in [5, 5.41) is 5.48. The number of fused-ring (bicyclic) bond motifs is 2. The fraction of sp³-hybridized carbons (Fsp3) is 0.375. The first-order valence-corrected chi connectivity index (χ1v) is 27.1. The summed E-state index contributed by atoms with van der Waals surface area (Å²) in [4.78, 5) is 0. The Kier molecular flexibility index (Phi) is 17.4. The van der Waals surface area contributed by atoms with Gasteiger partial charge in [-0.05, 0) is 70.9 Å². The summed E-state index contributed by atoms with van der Waals surface area (Å²) >= 11 is -0.826. The molecule has 6 aromatic rings. The fourth-order valence-electron chi connectivity index (χ4n) is 6.82. The topological polar surface area (TPSA) is 0 Å². The molecule has 6 aromatic carbocycles. The average Bonchev–Trinajstić information content (AvgIpc) is 3.65. The monoisotopic (exact) mass is 824 g/mol. The van der Waals surface area contributed by atoms with E-state index in [0.29, 0.717) is 23.7 Å². The molecule has 0 saturated heterocycles.